The molecule has 0 atom stereocenters. The highest BCUT2D eigenvalue weighted by molar-refractivity contribution is 5.77. The van der Waals surface area contributed by atoms with Crippen molar-refractivity contribution < 1.29 is 14.3 Å². The molecule has 0 heterocycles. The summed E-state index contributed by atoms with van der Waals surface area (Å²) in [5, 5.41) is 3.21. The van der Waals surface area contributed by atoms with Gasteiger partial charge in [0.2, 0.25) is 5.91 Å². The molecule has 0 bridgehead atoms. The van der Waals surface area contributed by atoms with E-state index >= 15 is 0 Å². The fourth-order valence-corrected chi connectivity index (χ4v) is 3.09. The van der Waals surface area contributed by atoms with Crippen LogP contribution in [-0.2, 0) is 10.3 Å². The van der Waals surface area contributed by atoms with Gasteiger partial charge < -0.3 is 14.8 Å². The molecule has 4 nitrogen and oxygen atoms in total. The summed E-state index contributed by atoms with van der Waals surface area (Å²) in [5.41, 5.74) is 0.998. The van der Waals surface area contributed by atoms with Gasteiger partial charge in [-0.05, 0) is 37.0 Å². The Morgan fingerprint density at radius 3 is 2.33 bits per heavy atom. The highest BCUT2D eigenvalue weighted by Gasteiger charge is 2.39. The van der Waals surface area contributed by atoms with Crippen LogP contribution in [0.3, 0.4) is 0 Å². The third kappa shape index (κ3) is 3.53. The van der Waals surface area contributed by atoms with Crippen molar-refractivity contribution in [2.45, 2.75) is 31.2 Å². The van der Waals surface area contributed by atoms with Crippen LogP contribution in [0.25, 0.3) is 0 Å². The van der Waals surface area contributed by atoms with E-state index in [0.717, 1.165) is 19.3 Å². The molecule has 0 saturated heterocycles. The quantitative estimate of drug-likeness (QED) is 0.845. The number of carbonyl (C=O) groups excluding carboxylic acids is 1. The molecule has 0 radical (unpaired) electrons. The average Bonchev–Trinajstić information content (AvgIpc) is 2.59. The molecular formula is C20H23NO3. The number of methoxy groups -OCH3 is 1. The average molecular weight is 325 g/mol. The third-order valence-electron chi connectivity index (χ3n) is 4.57. The van der Waals surface area contributed by atoms with Gasteiger partial charge in [0.15, 0.2) is 11.5 Å². The molecular weight excluding hydrogens is 302 g/mol. The first-order valence-corrected chi connectivity index (χ1v) is 8.36. The first-order chi connectivity index (χ1) is 11.7. The van der Waals surface area contributed by atoms with E-state index in [2.05, 4.69) is 17.4 Å². The molecule has 2 aromatic rings. The maximum absolute atomic E-state index is 12.3. The van der Waals surface area contributed by atoms with Crippen LogP contribution in [0.2, 0.25) is 0 Å². The van der Waals surface area contributed by atoms with Crippen LogP contribution in [0.15, 0.2) is 54.6 Å². The topological polar surface area (TPSA) is 47.6 Å². The van der Waals surface area contributed by atoms with Crippen molar-refractivity contribution in [3.8, 4) is 11.5 Å². The highest BCUT2D eigenvalue weighted by atomic mass is 16.5. The van der Waals surface area contributed by atoms with Crippen molar-refractivity contribution in [3.05, 3.63) is 60.2 Å². The monoisotopic (exact) mass is 325 g/mol. The van der Waals surface area contributed by atoms with E-state index in [1.165, 1.54) is 5.56 Å². The zero-order valence-electron chi connectivity index (χ0n) is 14.0. The molecule has 126 valence electrons. The van der Waals surface area contributed by atoms with Crippen molar-refractivity contribution >= 4 is 5.91 Å². The number of hydrogen-bond donors (Lipinski definition) is 1. The molecule has 0 aliphatic heterocycles. The molecule has 1 fully saturated rings. The first kappa shape index (κ1) is 16.4. The summed E-state index contributed by atoms with van der Waals surface area (Å²) in [4.78, 5) is 12.3. The normalized spacial score (nSPS) is 15.2. The number of para-hydroxylation sites is 2. The predicted octanol–water partition coefficient (Wildman–Crippen LogP) is 3.66. The zero-order chi connectivity index (χ0) is 16.8. The minimum Gasteiger partial charge on any atom is -0.493 e. The summed E-state index contributed by atoms with van der Waals surface area (Å²) in [5.74, 6) is 1.36. The number of carbonyl (C=O) groups is 1. The first-order valence-electron chi connectivity index (χ1n) is 8.36. The Labute approximate surface area is 142 Å². The van der Waals surface area contributed by atoms with E-state index < -0.39 is 0 Å². The zero-order valence-corrected chi connectivity index (χ0v) is 14.0. The molecule has 1 saturated carbocycles. The maximum atomic E-state index is 12.3. The summed E-state index contributed by atoms with van der Waals surface area (Å²) in [7, 11) is 1.61. The molecule has 1 aliphatic carbocycles. The summed E-state index contributed by atoms with van der Waals surface area (Å²) in [6.45, 7) is 0.330. The molecule has 24 heavy (non-hydrogen) atoms. The lowest BCUT2D eigenvalue weighted by Crippen LogP contribution is -2.51. The molecule has 1 amide bonds. The summed E-state index contributed by atoms with van der Waals surface area (Å²) < 4.78 is 10.9. The predicted molar refractivity (Wildman–Crippen MR) is 93.2 cm³/mol. The molecule has 3 rings (SSSR count). The number of amides is 1. The van der Waals surface area contributed by atoms with Crippen LogP contribution in [0.5, 0.6) is 11.5 Å². The van der Waals surface area contributed by atoms with E-state index in [1.54, 1.807) is 7.11 Å². The van der Waals surface area contributed by atoms with Gasteiger partial charge in [0.1, 0.15) is 0 Å². The van der Waals surface area contributed by atoms with Crippen molar-refractivity contribution in [1.29, 1.82) is 0 Å². The Morgan fingerprint density at radius 2 is 1.71 bits per heavy atom. The Balaban J connectivity index is 1.54. The van der Waals surface area contributed by atoms with E-state index in [1.807, 2.05) is 42.5 Å². The van der Waals surface area contributed by atoms with Crippen LogP contribution in [0.4, 0.5) is 0 Å². The van der Waals surface area contributed by atoms with Crippen molar-refractivity contribution in [3.63, 3.8) is 0 Å². The van der Waals surface area contributed by atoms with Gasteiger partial charge in [-0.3, -0.25) is 4.79 Å². The standard InChI is InChI=1S/C20H23NO3/c1-23-17-10-5-6-11-18(17)24-15-12-19(22)21-20(13-7-14-20)16-8-3-2-4-9-16/h2-6,8-11H,7,12-15H2,1H3,(H,21,22). The van der Waals surface area contributed by atoms with Crippen molar-refractivity contribution in [2.75, 3.05) is 13.7 Å². The van der Waals surface area contributed by atoms with Gasteiger partial charge in [-0.15, -0.1) is 0 Å². The van der Waals surface area contributed by atoms with Crippen molar-refractivity contribution in [1.82, 2.24) is 5.32 Å². The second-order valence-electron chi connectivity index (χ2n) is 6.10. The molecule has 0 unspecified atom stereocenters. The number of nitrogens with one attached hydrogen (secondary N) is 1. The lowest BCUT2D eigenvalue weighted by atomic mass is 9.71. The summed E-state index contributed by atoms with van der Waals surface area (Å²) in [6.07, 6.45) is 3.46. The second-order valence-corrected chi connectivity index (χ2v) is 6.10. The lowest BCUT2D eigenvalue weighted by molar-refractivity contribution is -0.124. The number of benzene rings is 2. The minimum absolute atomic E-state index is 0.0217. The molecule has 0 aromatic heterocycles. The van der Waals surface area contributed by atoms with Crippen LogP contribution in [-0.4, -0.2) is 19.6 Å². The molecule has 1 N–H and O–H groups in total. The lowest BCUT2D eigenvalue weighted by Gasteiger charge is -2.43. The molecule has 4 heteroatoms. The van der Waals surface area contributed by atoms with Crippen LogP contribution in [0.1, 0.15) is 31.2 Å². The van der Waals surface area contributed by atoms with Gasteiger partial charge in [-0.1, -0.05) is 42.5 Å². The van der Waals surface area contributed by atoms with E-state index in [-0.39, 0.29) is 11.4 Å². The van der Waals surface area contributed by atoms with E-state index in [4.69, 9.17) is 9.47 Å². The fraction of sp³-hybridized carbons (Fsp3) is 0.350. The summed E-state index contributed by atoms with van der Waals surface area (Å²) in [6, 6.07) is 17.7. The maximum Gasteiger partial charge on any atom is 0.224 e. The van der Waals surface area contributed by atoms with Crippen LogP contribution < -0.4 is 14.8 Å². The van der Waals surface area contributed by atoms with Gasteiger partial charge in [0.05, 0.1) is 25.7 Å². The van der Waals surface area contributed by atoms with Gasteiger partial charge in [0, 0.05) is 0 Å². The van der Waals surface area contributed by atoms with Gasteiger partial charge in [-0.25, -0.2) is 0 Å². The highest BCUT2D eigenvalue weighted by Crippen LogP contribution is 2.41. The second kappa shape index (κ2) is 7.39. The smallest absolute Gasteiger partial charge is 0.224 e. The largest absolute Gasteiger partial charge is 0.493 e. The molecule has 1 aliphatic rings. The van der Waals surface area contributed by atoms with Gasteiger partial charge in [-0.2, -0.15) is 0 Å². The van der Waals surface area contributed by atoms with E-state index in [9.17, 15) is 4.79 Å². The van der Waals surface area contributed by atoms with Crippen LogP contribution in [0, 0.1) is 0 Å². The van der Waals surface area contributed by atoms with Crippen LogP contribution >= 0.6 is 0 Å². The SMILES string of the molecule is COc1ccccc1OCCC(=O)NC1(c2ccccc2)CCC1. The minimum atomic E-state index is -0.192. The number of ether oxygens (including phenoxy) is 2. The summed E-state index contributed by atoms with van der Waals surface area (Å²) >= 11 is 0. The Bertz CT molecular complexity index is 680. The van der Waals surface area contributed by atoms with E-state index in [0.29, 0.717) is 24.5 Å². The third-order valence-corrected chi connectivity index (χ3v) is 4.57. The molecule has 2 aromatic carbocycles. The van der Waals surface area contributed by atoms with Crippen molar-refractivity contribution in [2.24, 2.45) is 0 Å². The Morgan fingerprint density at radius 1 is 1.04 bits per heavy atom. The fourth-order valence-electron chi connectivity index (χ4n) is 3.09. The Hall–Kier alpha value is -2.49. The van der Waals surface area contributed by atoms with Gasteiger partial charge in [0.25, 0.3) is 0 Å². The van der Waals surface area contributed by atoms with Gasteiger partial charge >= 0.3 is 0 Å². The Kier molecular flexibility index (Phi) is 5.04. The number of rotatable bonds is 7. The molecule has 0 spiro atoms. The number of hydrogen-bond acceptors (Lipinski definition) is 3.